The molecule has 0 rings (SSSR count). The van der Waals surface area contributed by atoms with Crippen LogP contribution in [0.2, 0.25) is 0 Å². The third-order valence-corrected chi connectivity index (χ3v) is 4.57. The van der Waals surface area contributed by atoms with E-state index in [4.69, 9.17) is 5.11 Å². The van der Waals surface area contributed by atoms with Crippen LogP contribution >= 0.6 is 11.8 Å². The highest BCUT2D eigenvalue weighted by Crippen LogP contribution is 2.15. The first-order valence-corrected chi connectivity index (χ1v) is 8.66. The largest absolute Gasteiger partial charge is 0.480 e. The van der Waals surface area contributed by atoms with E-state index >= 15 is 0 Å². The first kappa shape index (κ1) is 16.7. The van der Waals surface area contributed by atoms with Crippen molar-refractivity contribution in [1.29, 1.82) is 0 Å². The fraction of sp³-hybridized carbons (Fsp3) is 0.900. The highest BCUT2D eigenvalue weighted by Gasteiger charge is 2.31. The second kappa shape index (κ2) is 7.23. The molecular formula is C10H21NO4S2. The van der Waals surface area contributed by atoms with Gasteiger partial charge in [-0.1, -0.05) is 6.92 Å². The Balaban J connectivity index is 3.96. The minimum Gasteiger partial charge on any atom is -0.480 e. The highest BCUT2D eigenvalue weighted by molar-refractivity contribution is 8.00. The maximum atomic E-state index is 11.1. The van der Waals surface area contributed by atoms with Crippen molar-refractivity contribution in [2.45, 2.75) is 25.8 Å². The van der Waals surface area contributed by atoms with E-state index in [0.717, 1.165) is 0 Å². The lowest BCUT2D eigenvalue weighted by Gasteiger charge is -2.25. The van der Waals surface area contributed by atoms with Crippen molar-refractivity contribution in [1.82, 2.24) is 5.32 Å². The Morgan fingerprint density at radius 3 is 2.41 bits per heavy atom. The minimum absolute atomic E-state index is 0.142. The van der Waals surface area contributed by atoms with E-state index in [0.29, 0.717) is 24.5 Å². The number of carboxylic acid groups (broad SMARTS) is 1. The molecule has 0 aliphatic heterocycles. The number of carboxylic acids is 1. The zero-order valence-electron chi connectivity index (χ0n) is 10.5. The lowest BCUT2D eigenvalue weighted by Crippen LogP contribution is -2.49. The van der Waals surface area contributed by atoms with Gasteiger partial charge in [-0.25, -0.2) is 8.42 Å². The summed E-state index contributed by atoms with van der Waals surface area (Å²) < 4.78 is 21.8. The molecule has 0 aromatic heterocycles. The average molecular weight is 283 g/mol. The number of nitrogens with one attached hydrogen (secondary N) is 1. The van der Waals surface area contributed by atoms with Crippen LogP contribution in [0.3, 0.4) is 0 Å². The summed E-state index contributed by atoms with van der Waals surface area (Å²) in [4.78, 5) is 11.1. The van der Waals surface area contributed by atoms with E-state index in [1.54, 1.807) is 6.92 Å². The summed E-state index contributed by atoms with van der Waals surface area (Å²) in [6, 6.07) is 0. The molecule has 0 aliphatic rings. The van der Waals surface area contributed by atoms with Crippen LogP contribution in [0.4, 0.5) is 0 Å². The molecule has 102 valence electrons. The highest BCUT2D eigenvalue weighted by atomic mass is 32.2. The third-order valence-electron chi connectivity index (χ3n) is 2.38. The van der Waals surface area contributed by atoms with Gasteiger partial charge in [-0.05, 0) is 25.6 Å². The first-order valence-electron chi connectivity index (χ1n) is 5.45. The summed E-state index contributed by atoms with van der Waals surface area (Å²) in [6.45, 7) is 4.10. The van der Waals surface area contributed by atoms with Crippen molar-refractivity contribution in [3.05, 3.63) is 0 Å². The zero-order valence-corrected chi connectivity index (χ0v) is 12.2. The zero-order chi connectivity index (χ0) is 13.5. The van der Waals surface area contributed by atoms with Crippen molar-refractivity contribution >= 4 is 27.6 Å². The minimum atomic E-state index is -2.92. The molecule has 1 unspecified atom stereocenters. The van der Waals surface area contributed by atoms with Crippen LogP contribution in [0.1, 0.15) is 20.3 Å². The lowest BCUT2D eigenvalue weighted by molar-refractivity contribution is -0.144. The Bertz CT molecular complexity index is 342. The Morgan fingerprint density at radius 2 is 2.00 bits per heavy atom. The van der Waals surface area contributed by atoms with Crippen LogP contribution < -0.4 is 5.32 Å². The molecule has 0 aromatic rings. The Morgan fingerprint density at radius 1 is 1.41 bits per heavy atom. The van der Waals surface area contributed by atoms with Gasteiger partial charge in [-0.2, -0.15) is 11.8 Å². The van der Waals surface area contributed by atoms with Crippen LogP contribution in [0.15, 0.2) is 0 Å². The molecule has 2 N–H and O–H groups in total. The predicted molar refractivity (Wildman–Crippen MR) is 71.4 cm³/mol. The summed E-state index contributed by atoms with van der Waals surface area (Å²) in [6.07, 6.45) is 1.68. The Hall–Kier alpha value is -0.270. The fourth-order valence-electron chi connectivity index (χ4n) is 1.25. The summed E-state index contributed by atoms with van der Waals surface area (Å²) >= 11 is 1.47. The van der Waals surface area contributed by atoms with Crippen molar-refractivity contribution in [3.8, 4) is 0 Å². The van der Waals surface area contributed by atoms with E-state index in [2.05, 4.69) is 5.32 Å². The summed E-state index contributed by atoms with van der Waals surface area (Å²) in [5, 5.41) is 12.0. The summed E-state index contributed by atoms with van der Waals surface area (Å²) in [5.74, 6) is 0.414. The number of aliphatic carboxylic acids is 1. The molecule has 0 radical (unpaired) electrons. The molecule has 5 nitrogen and oxygen atoms in total. The lowest BCUT2D eigenvalue weighted by atomic mass is 9.99. The van der Waals surface area contributed by atoms with Crippen LogP contribution in [-0.4, -0.2) is 55.1 Å². The van der Waals surface area contributed by atoms with Crippen molar-refractivity contribution < 1.29 is 18.3 Å². The average Bonchev–Trinajstić information content (AvgIpc) is 2.15. The summed E-state index contributed by atoms with van der Waals surface area (Å²) in [7, 11) is -2.92. The molecule has 0 saturated carbocycles. The SMILES string of the molecule is CCNC(C)(CCSCCS(C)(=O)=O)C(=O)O. The molecule has 1 atom stereocenters. The number of carbonyl (C=O) groups is 1. The van der Waals surface area contributed by atoms with Gasteiger partial charge in [-0.15, -0.1) is 0 Å². The predicted octanol–water partition coefficient (Wildman–Crippen LogP) is 0.607. The molecule has 0 spiro atoms. The molecule has 17 heavy (non-hydrogen) atoms. The van der Waals surface area contributed by atoms with Gasteiger partial charge in [0.2, 0.25) is 0 Å². The van der Waals surface area contributed by atoms with Gasteiger partial charge in [-0.3, -0.25) is 4.79 Å². The van der Waals surface area contributed by atoms with Gasteiger partial charge in [0, 0.05) is 12.0 Å². The molecule has 0 fully saturated rings. The fourth-order valence-corrected chi connectivity index (χ4v) is 3.69. The van der Waals surface area contributed by atoms with Gasteiger partial charge in [0.05, 0.1) is 5.75 Å². The van der Waals surface area contributed by atoms with E-state index in [9.17, 15) is 13.2 Å². The van der Waals surface area contributed by atoms with Gasteiger partial charge in [0.1, 0.15) is 15.4 Å². The molecule has 7 heteroatoms. The number of rotatable bonds is 9. The van der Waals surface area contributed by atoms with Gasteiger partial charge in [0.15, 0.2) is 0 Å². The summed E-state index contributed by atoms with van der Waals surface area (Å²) in [5.41, 5.74) is -0.924. The number of hydrogen-bond donors (Lipinski definition) is 2. The van der Waals surface area contributed by atoms with Gasteiger partial charge >= 0.3 is 5.97 Å². The number of likely N-dealkylation sites (N-methyl/N-ethyl adjacent to an activating group) is 1. The van der Waals surface area contributed by atoms with E-state index in [1.165, 1.54) is 18.0 Å². The topological polar surface area (TPSA) is 83.5 Å². The van der Waals surface area contributed by atoms with Crippen LogP contribution in [-0.2, 0) is 14.6 Å². The Kier molecular flexibility index (Phi) is 7.11. The molecule has 0 saturated heterocycles. The second-order valence-electron chi connectivity index (χ2n) is 4.16. The monoisotopic (exact) mass is 283 g/mol. The molecule has 0 heterocycles. The van der Waals surface area contributed by atoms with Crippen LogP contribution in [0.5, 0.6) is 0 Å². The first-order chi connectivity index (χ1) is 7.71. The maximum Gasteiger partial charge on any atom is 0.323 e. The van der Waals surface area contributed by atoms with E-state index < -0.39 is 21.3 Å². The van der Waals surface area contributed by atoms with E-state index in [-0.39, 0.29) is 5.75 Å². The molecule has 0 bridgehead atoms. The number of hydrogen-bond acceptors (Lipinski definition) is 5. The van der Waals surface area contributed by atoms with Crippen molar-refractivity contribution in [2.75, 3.05) is 30.1 Å². The second-order valence-corrected chi connectivity index (χ2v) is 7.64. The number of thioether (sulfide) groups is 1. The van der Waals surface area contributed by atoms with Crippen LogP contribution in [0, 0.1) is 0 Å². The Labute approximate surface area is 107 Å². The van der Waals surface area contributed by atoms with Crippen LogP contribution in [0.25, 0.3) is 0 Å². The molecule has 0 aliphatic carbocycles. The quantitative estimate of drug-likeness (QED) is 0.603. The normalized spacial score (nSPS) is 15.5. The third kappa shape index (κ3) is 7.62. The van der Waals surface area contributed by atoms with Crippen molar-refractivity contribution in [2.24, 2.45) is 0 Å². The van der Waals surface area contributed by atoms with Crippen molar-refractivity contribution in [3.63, 3.8) is 0 Å². The smallest absolute Gasteiger partial charge is 0.323 e. The maximum absolute atomic E-state index is 11.1. The number of sulfone groups is 1. The van der Waals surface area contributed by atoms with Gasteiger partial charge < -0.3 is 10.4 Å². The molecular weight excluding hydrogens is 262 g/mol. The molecule has 0 amide bonds. The standard InChI is InChI=1S/C10H21NO4S2/c1-4-11-10(2,9(12)13)5-6-16-7-8-17(3,14)15/h11H,4-8H2,1-3H3,(H,12,13). The molecule has 0 aromatic carbocycles. The van der Waals surface area contributed by atoms with Gasteiger partial charge in [0.25, 0.3) is 0 Å². The van der Waals surface area contributed by atoms with E-state index in [1.807, 2.05) is 6.92 Å².